The molecule has 31 heavy (non-hydrogen) atoms. The number of methoxy groups -OCH3 is 1. The normalized spacial score (nSPS) is 10.2. The lowest BCUT2D eigenvalue weighted by molar-refractivity contribution is -0.123. The summed E-state index contributed by atoms with van der Waals surface area (Å²) in [6.07, 6.45) is 0. The fourth-order valence-electron chi connectivity index (χ4n) is 2.53. The minimum Gasteiger partial charge on any atom is -0.493 e. The summed E-state index contributed by atoms with van der Waals surface area (Å²) in [5.41, 5.74) is 0.981. The van der Waals surface area contributed by atoms with Gasteiger partial charge in [-0.25, -0.2) is 0 Å². The van der Waals surface area contributed by atoms with Crippen molar-refractivity contribution >= 4 is 40.9 Å². The van der Waals surface area contributed by atoms with E-state index in [2.05, 4.69) is 16.0 Å². The molecule has 0 aliphatic heterocycles. The Kier molecular flexibility index (Phi) is 9.42. The molecule has 0 aromatic heterocycles. The molecule has 0 heterocycles. The van der Waals surface area contributed by atoms with E-state index in [1.807, 2.05) is 6.92 Å². The van der Waals surface area contributed by atoms with E-state index in [1.165, 1.54) is 19.2 Å². The minimum absolute atomic E-state index is 0.127. The van der Waals surface area contributed by atoms with Crippen LogP contribution in [0.3, 0.4) is 0 Å². The molecule has 0 fully saturated rings. The van der Waals surface area contributed by atoms with Crippen LogP contribution >= 0.6 is 23.2 Å². The van der Waals surface area contributed by atoms with Crippen LogP contribution in [0, 0.1) is 0 Å². The zero-order valence-electron chi connectivity index (χ0n) is 17.1. The van der Waals surface area contributed by atoms with E-state index in [0.717, 1.165) is 5.56 Å². The van der Waals surface area contributed by atoms with Crippen LogP contribution in [-0.4, -0.2) is 44.5 Å². The first-order valence-corrected chi connectivity index (χ1v) is 10.2. The van der Waals surface area contributed by atoms with Gasteiger partial charge in [0.05, 0.1) is 24.2 Å². The molecule has 0 aliphatic rings. The van der Waals surface area contributed by atoms with E-state index >= 15 is 0 Å². The largest absolute Gasteiger partial charge is 0.493 e. The molecule has 3 amide bonds. The second-order valence-corrected chi connectivity index (χ2v) is 7.15. The van der Waals surface area contributed by atoms with Gasteiger partial charge in [-0.1, -0.05) is 29.3 Å². The Hall–Kier alpha value is -2.97. The number of hydrogen-bond acceptors (Lipinski definition) is 5. The third-order valence-electron chi connectivity index (χ3n) is 4.04. The summed E-state index contributed by atoms with van der Waals surface area (Å²) in [4.78, 5) is 35.7. The molecule has 0 saturated heterocycles. The van der Waals surface area contributed by atoms with Crippen LogP contribution in [0.2, 0.25) is 10.0 Å². The van der Waals surface area contributed by atoms with Crippen LogP contribution in [0.5, 0.6) is 11.5 Å². The second kappa shape index (κ2) is 12.0. The topological polar surface area (TPSA) is 106 Å². The molecule has 3 N–H and O–H groups in total. The lowest BCUT2D eigenvalue weighted by Crippen LogP contribution is -2.36. The highest BCUT2D eigenvalue weighted by atomic mass is 35.5. The van der Waals surface area contributed by atoms with E-state index in [4.69, 9.17) is 32.7 Å². The predicted octanol–water partition coefficient (Wildman–Crippen LogP) is 2.56. The monoisotopic (exact) mass is 467 g/mol. The van der Waals surface area contributed by atoms with Gasteiger partial charge in [-0.05, 0) is 42.8 Å². The zero-order chi connectivity index (χ0) is 22.8. The molecule has 0 aliphatic carbocycles. The van der Waals surface area contributed by atoms with Crippen LogP contribution in [0.1, 0.15) is 22.8 Å². The average molecular weight is 468 g/mol. The van der Waals surface area contributed by atoms with Crippen molar-refractivity contribution in [2.24, 2.45) is 0 Å². The Morgan fingerprint density at radius 1 is 0.935 bits per heavy atom. The van der Waals surface area contributed by atoms with Crippen molar-refractivity contribution in [1.82, 2.24) is 16.0 Å². The van der Waals surface area contributed by atoms with Crippen molar-refractivity contribution in [2.75, 3.05) is 26.8 Å². The minimum atomic E-state index is -0.480. The molecular formula is C21H23Cl2N3O5. The number of nitrogens with one attached hydrogen (secondary N) is 3. The molecule has 0 atom stereocenters. The zero-order valence-corrected chi connectivity index (χ0v) is 18.6. The molecular weight excluding hydrogens is 445 g/mol. The molecule has 0 spiro atoms. The van der Waals surface area contributed by atoms with E-state index in [9.17, 15) is 14.4 Å². The molecule has 2 aromatic carbocycles. The summed E-state index contributed by atoms with van der Waals surface area (Å²) in [7, 11) is 1.48. The van der Waals surface area contributed by atoms with Crippen molar-refractivity contribution in [1.29, 1.82) is 0 Å². The van der Waals surface area contributed by atoms with Crippen molar-refractivity contribution < 1.29 is 23.9 Å². The number of halogens is 2. The van der Waals surface area contributed by atoms with Gasteiger partial charge in [-0.2, -0.15) is 0 Å². The molecule has 0 unspecified atom stereocenters. The molecule has 2 rings (SSSR count). The van der Waals surface area contributed by atoms with Crippen LogP contribution in [0.4, 0.5) is 0 Å². The van der Waals surface area contributed by atoms with Gasteiger partial charge in [0.25, 0.3) is 11.8 Å². The van der Waals surface area contributed by atoms with Crippen LogP contribution < -0.4 is 25.4 Å². The number of likely N-dealkylation sites (N-methyl/N-ethyl adjacent to an activating group) is 1. The van der Waals surface area contributed by atoms with E-state index in [0.29, 0.717) is 23.1 Å². The van der Waals surface area contributed by atoms with Gasteiger partial charge in [-0.15, -0.1) is 0 Å². The number of amides is 3. The first-order chi connectivity index (χ1) is 14.8. The first-order valence-electron chi connectivity index (χ1n) is 9.40. The molecule has 0 bridgehead atoms. The summed E-state index contributed by atoms with van der Waals surface area (Å²) in [5.74, 6) is -0.249. The Balaban J connectivity index is 1.85. The summed E-state index contributed by atoms with van der Waals surface area (Å²) < 4.78 is 10.7. The number of ether oxygens (including phenoxy) is 2. The van der Waals surface area contributed by atoms with Crippen LogP contribution in [-0.2, 0) is 16.1 Å². The number of rotatable bonds is 10. The number of hydrogen-bond donors (Lipinski definition) is 3. The van der Waals surface area contributed by atoms with Crippen LogP contribution in [0.25, 0.3) is 0 Å². The molecule has 10 heteroatoms. The Bertz CT molecular complexity index is 953. The van der Waals surface area contributed by atoms with Gasteiger partial charge in [-0.3, -0.25) is 14.4 Å². The Labute approximate surface area is 190 Å². The number of carbonyl (C=O) groups is 3. The maximum atomic E-state index is 12.1. The molecule has 0 saturated carbocycles. The highest BCUT2D eigenvalue weighted by Gasteiger charge is 2.13. The maximum absolute atomic E-state index is 12.1. The second-order valence-electron chi connectivity index (χ2n) is 6.31. The van der Waals surface area contributed by atoms with Crippen molar-refractivity contribution in [3.05, 3.63) is 57.6 Å². The van der Waals surface area contributed by atoms with E-state index < -0.39 is 5.91 Å². The van der Waals surface area contributed by atoms with Crippen molar-refractivity contribution in [3.63, 3.8) is 0 Å². The lowest BCUT2D eigenvalue weighted by atomic mass is 10.2. The third kappa shape index (κ3) is 7.66. The SMILES string of the molecule is CCNC(=O)COc1ccc(CNC(=O)CNC(=O)c2ccc(Cl)cc2Cl)cc1OC. The number of carbonyl (C=O) groups excluding carboxylic acids is 3. The highest BCUT2D eigenvalue weighted by Crippen LogP contribution is 2.28. The van der Waals surface area contributed by atoms with Gasteiger partial charge in [0.2, 0.25) is 5.91 Å². The standard InChI is InChI=1S/C21H23Cl2N3O5/c1-3-24-20(28)12-31-17-7-4-13(8-18(17)30-2)10-25-19(27)11-26-21(29)15-6-5-14(22)9-16(15)23/h4-9H,3,10-12H2,1-2H3,(H,24,28)(H,25,27)(H,26,29). The van der Waals surface area contributed by atoms with Crippen LogP contribution in [0.15, 0.2) is 36.4 Å². The average Bonchev–Trinajstić information content (AvgIpc) is 2.75. The van der Waals surface area contributed by atoms with Gasteiger partial charge in [0.1, 0.15) is 0 Å². The molecule has 8 nitrogen and oxygen atoms in total. The third-order valence-corrected chi connectivity index (χ3v) is 4.58. The molecule has 0 radical (unpaired) electrons. The molecule has 166 valence electrons. The van der Waals surface area contributed by atoms with Gasteiger partial charge < -0.3 is 25.4 Å². The first kappa shape index (κ1) is 24.3. The van der Waals surface area contributed by atoms with Crippen molar-refractivity contribution in [3.8, 4) is 11.5 Å². The highest BCUT2D eigenvalue weighted by molar-refractivity contribution is 6.36. The molecule has 2 aromatic rings. The Morgan fingerprint density at radius 2 is 1.71 bits per heavy atom. The fourth-order valence-corrected chi connectivity index (χ4v) is 3.02. The maximum Gasteiger partial charge on any atom is 0.257 e. The van der Waals surface area contributed by atoms with Gasteiger partial charge >= 0.3 is 0 Å². The smallest absolute Gasteiger partial charge is 0.257 e. The quantitative estimate of drug-likeness (QED) is 0.497. The fraction of sp³-hybridized carbons (Fsp3) is 0.286. The summed E-state index contributed by atoms with van der Waals surface area (Å²) in [6, 6.07) is 9.57. The summed E-state index contributed by atoms with van der Waals surface area (Å²) >= 11 is 11.8. The Morgan fingerprint density at radius 3 is 2.39 bits per heavy atom. The lowest BCUT2D eigenvalue weighted by Gasteiger charge is -2.13. The van der Waals surface area contributed by atoms with Gasteiger partial charge in [0.15, 0.2) is 18.1 Å². The summed E-state index contributed by atoms with van der Waals surface area (Å²) in [5, 5.41) is 8.45. The number of benzene rings is 2. The van der Waals surface area contributed by atoms with E-state index in [-0.39, 0.29) is 42.1 Å². The predicted molar refractivity (Wildman–Crippen MR) is 118 cm³/mol. The summed E-state index contributed by atoms with van der Waals surface area (Å²) in [6.45, 7) is 2.20. The van der Waals surface area contributed by atoms with Gasteiger partial charge in [0, 0.05) is 18.1 Å². The van der Waals surface area contributed by atoms with Crippen molar-refractivity contribution in [2.45, 2.75) is 13.5 Å². The van der Waals surface area contributed by atoms with E-state index in [1.54, 1.807) is 24.3 Å².